The lowest BCUT2D eigenvalue weighted by molar-refractivity contribution is -0.110. The number of methoxy groups -OCH3 is 1. The topological polar surface area (TPSA) is 74.3 Å². The van der Waals surface area contributed by atoms with Crippen LogP contribution < -0.4 is 10.1 Å². The zero-order valence-corrected chi connectivity index (χ0v) is 17.3. The second-order valence-corrected chi connectivity index (χ2v) is 6.68. The van der Waals surface area contributed by atoms with Crippen LogP contribution in [-0.2, 0) is 4.79 Å². The predicted octanol–water partition coefficient (Wildman–Crippen LogP) is 5.11. The van der Waals surface area contributed by atoms with Crippen LogP contribution in [-0.4, -0.2) is 28.7 Å². The van der Waals surface area contributed by atoms with E-state index in [0.717, 1.165) is 28.9 Å². The van der Waals surface area contributed by atoms with Crippen molar-refractivity contribution in [2.24, 2.45) is 0 Å². The second kappa shape index (κ2) is 9.42. The summed E-state index contributed by atoms with van der Waals surface area (Å²) in [6.45, 7) is 7.83. The number of aromatic amines is 1. The molecule has 2 heterocycles. The van der Waals surface area contributed by atoms with E-state index >= 15 is 0 Å². The van der Waals surface area contributed by atoms with Crippen molar-refractivity contribution >= 4 is 29.3 Å². The molecular weight excluding hydrogens is 352 g/mol. The number of fused-ring (bicyclic) bond motifs is 1. The quantitative estimate of drug-likeness (QED) is 0.608. The molecule has 0 bridgehead atoms. The zero-order valence-electron chi connectivity index (χ0n) is 17.3. The van der Waals surface area contributed by atoms with Gasteiger partial charge in [-0.3, -0.25) is 4.79 Å². The van der Waals surface area contributed by atoms with Crippen molar-refractivity contribution in [2.45, 2.75) is 46.1 Å². The molecule has 0 aliphatic carbocycles. The number of nitrogens with one attached hydrogen (secondary N) is 2. The minimum absolute atomic E-state index is 0.155. The molecule has 5 heteroatoms. The summed E-state index contributed by atoms with van der Waals surface area (Å²) in [6.07, 6.45) is 8.81. The molecule has 0 saturated heterocycles. The Labute approximate surface area is 167 Å². The van der Waals surface area contributed by atoms with E-state index in [9.17, 15) is 9.90 Å². The fourth-order valence-electron chi connectivity index (χ4n) is 3.22. The molecule has 0 fully saturated rings. The summed E-state index contributed by atoms with van der Waals surface area (Å²) in [4.78, 5) is 15.6. The van der Waals surface area contributed by atoms with Gasteiger partial charge < -0.3 is 20.1 Å². The third kappa shape index (κ3) is 4.73. The highest BCUT2D eigenvalue weighted by molar-refractivity contribution is 6.35. The van der Waals surface area contributed by atoms with Gasteiger partial charge in [0.25, 0.3) is 5.91 Å². The van der Waals surface area contributed by atoms with E-state index in [1.807, 2.05) is 51.1 Å². The average molecular weight is 383 g/mol. The summed E-state index contributed by atoms with van der Waals surface area (Å²) >= 11 is 0. The molecule has 28 heavy (non-hydrogen) atoms. The highest BCUT2D eigenvalue weighted by Crippen LogP contribution is 2.37. The van der Waals surface area contributed by atoms with Crippen LogP contribution in [0.5, 0.6) is 5.75 Å². The maximum absolute atomic E-state index is 12.5. The van der Waals surface area contributed by atoms with Crippen LogP contribution in [0.25, 0.3) is 17.7 Å². The number of anilines is 1. The fraction of sp³-hybridized carbons (Fsp3) is 0.348. The Hall–Kier alpha value is -2.79. The first-order chi connectivity index (χ1) is 13.4. The fourth-order valence-corrected chi connectivity index (χ4v) is 3.22. The molecular formula is C23H30N2O3. The van der Waals surface area contributed by atoms with Crippen molar-refractivity contribution in [2.75, 3.05) is 12.4 Å². The highest BCUT2D eigenvalue weighted by Gasteiger charge is 2.27. The molecule has 1 aliphatic heterocycles. The zero-order chi connectivity index (χ0) is 20.7. The van der Waals surface area contributed by atoms with E-state index in [1.54, 1.807) is 32.4 Å². The maximum atomic E-state index is 12.5. The highest BCUT2D eigenvalue weighted by atomic mass is 16.5. The van der Waals surface area contributed by atoms with E-state index in [2.05, 4.69) is 10.3 Å². The Kier molecular flexibility index (Phi) is 7.24. The average Bonchev–Trinajstić information content (AvgIpc) is 3.26. The maximum Gasteiger partial charge on any atom is 0.256 e. The molecule has 1 amide bonds. The van der Waals surface area contributed by atoms with Crippen LogP contribution in [0.3, 0.4) is 0 Å². The largest absolute Gasteiger partial charge is 0.495 e. The summed E-state index contributed by atoms with van der Waals surface area (Å²) in [6, 6.07) is 7.53. The molecule has 3 rings (SSSR count). The van der Waals surface area contributed by atoms with Crippen LogP contribution >= 0.6 is 0 Å². The molecule has 150 valence electrons. The van der Waals surface area contributed by atoms with Crippen LogP contribution in [0.2, 0.25) is 0 Å². The first kappa shape index (κ1) is 21.5. The number of rotatable bonds is 6. The van der Waals surface area contributed by atoms with Gasteiger partial charge in [-0.25, -0.2) is 0 Å². The monoisotopic (exact) mass is 382 g/mol. The van der Waals surface area contributed by atoms with E-state index in [-0.39, 0.29) is 5.91 Å². The Morgan fingerprint density at radius 1 is 1.25 bits per heavy atom. The third-order valence-electron chi connectivity index (χ3n) is 4.48. The summed E-state index contributed by atoms with van der Waals surface area (Å²) in [5.74, 6) is 0.524. The minimum Gasteiger partial charge on any atom is -0.495 e. The van der Waals surface area contributed by atoms with Crippen molar-refractivity contribution < 1.29 is 14.6 Å². The van der Waals surface area contributed by atoms with Gasteiger partial charge in [-0.05, 0) is 37.1 Å². The van der Waals surface area contributed by atoms with Crippen LogP contribution in [0.15, 0.2) is 36.5 Å². The van der Waals surface area contributed by atoms with Gasteiger partial charge in [0.15, 0.2) is 0 Å². The molecule has 0 radical (unpaired) electrons. The Morgan fingerprint density at radius 2 is 2.00 bits per heavy atom. The lowest BCUT2D eigenvalue weighted by Gasteiger charge is -2.17. The summed E-state index contributed by atoms with van der Waals surface area (Å²) in [5, 5.41) is 13.3. The number of carbonyl (C=O) groups excluding carboxylic acids is 1. The predicted molar refractivity (Wildman–Crippen MR) is 116 cm³/mol. The van der Waals surface area contributed by atoms with Gasteiger partial charge >= 0.3 is 0 Å². The number of carbonyl (C=O) groups is 1. The lowest BCUT2D eigenvalue weighted by Crippen LogP contribution is -2.19. The van der Waals surface area contributed by atoms with Crippen LogP contribution in [0.4, 0.5) is 5.69 Å². The van der Waals surface area contributed by atoms with Gasteiger partial charge in [-0.2, -0.15) is 0 Å². The van der Waals surface area contributed by atoms with Gasteiger partial charge in [0.1, 0.15) is 5.75 Å². The first-order valence-corrected chi connectivity index (χ1v) is 9.74. The van der Waals surface area contributed by atoms with Gasteiger partial charge in [-0.1, -0.05) is 51.5 Å². The Morgan fingerprint density at radius 3 is 2.68 bits per heavy atom. The number of ether oxygens (including phenoxy) is 1. The van der Waals surface area contributed by atoms with Gasteiger partial charge in [0.05, 0.1) is 24.0 Å². The number of H-pyrrole nitrogens is 1. The molecule has 0 spiro atoms. The van der Waals surface area contributed by atoms with Gasteiger partial charge in [0.2, 0.25) is 0 Å². The second-order valence-electron chi connectivity index (χ2n) is 6.68. The van der Waals surface area contributed by atoms with E-state index < -0.39 is 5.60 Å². The SMILES string of the molecule is CC.CCCC(C)(O)C=Cc1cccc2c1/C(=C/c1[nH]ccc1OC)C(=O)N2. The number of aliphatic hydroxyl groups is 1. The van der Waals surface area contributed by atoms with Crippen molar-refractivity contribution in [3.8, 4) is 5.75 Å². The lowest BCUT2D eigenvalue weighted by atomic mass is 9.95. The number of amides is 1. The molecule has 1 aromatic heterocycles. The van der Waals surface area contributed by atoms with Gasteiger partial charge in [0, 0.05) is 17.4 Å². The third-order valence-corrected chi connectivity index (χ3v) is 4.48. The summed E-state index contributed by atoms with van der Waals surface area (Å²) in [5.41, 5.74) is 2.91. The van der Waals surface area contributed by atoms with Gasteiger partial charge in [-0.15, -0.1) is 0 Å². The number of aromatic nitrogens is 1. The van der Waals surface area contributed by atoms with E-state index in [0.29, 0.717) is 17.7 Å². The summed E-state index contributed by atoms with van der Waals surface area (Å²) < 4.78 is 5.31. The van der Waals surface area contributed by atoms with Crippen molar-refractivity contribution in [1.82, 2.24) is 4.98 Å². The summed E-state index contributed by atoms with van der Waals surface area (Å²) in [7, 11) is 1.60. The Balaban J connectivity index is 0.00000136. The number of hydrogen-bond acceptors (Lipinski definition) is 3. The Bertz CT molecular complexity index is 876. The molecule has 1 unspecified atom stereocenters. The molecule has 1 atom stereocenters. The molecule has 1 aliphatic rings. The minimum atomic E-state index is -0.875. The van der Waals surface area contributed by atoms with Crippen molar-refractivity contribution in [1.29, 1.82) is 0 Å². The van der Waals surface area contributed by atoms with E-state index in [1.165, 1.54) is 0 Å². The number of hydrogen-bond donors (Lipinski definition) is 3. The van der Waals surface area contributed by atoms with Crippen LogP contribution in [0, 0.1) is 0 Å². The first-order valence-electron chi connectivity index (χ1n) is 9.74. The molecule has 3 N–H and O–H groups in total. The normalized spacial score (nSPS) is 16.4. The van der Waals surface area contributed by atoms with Crippen LogP contribution in [0.1, 0.15) is 57.4 Å². The molecule has 0 saturated carbocycles. The number of benzene rings is 1. The standard InChI is InChI=1S/C21H24N2O3.C2H6/c1-4-10-21(2,25)11-8-14-6-5-7-16-19(14)15(20(24)23-16)13-17-18(26-3)9-12-22-17;1-2/h5-9,11-13,22,25H,4,10H2,1-3H3,(H,23,24);1-2H3/b11-8?,15-13-;. The molecule has 5 nitrogen and oxygen atoms in total. The van der Waals surface area contributed by atoms with E-state index in [4.69, 9.17) is 4.74 Å². The van der Waals surface area contributed by atoms with Crippen molar-refractivity contribution in [3.05, 3.63) is 53.4 Å². The van der Waals surface area contributed by atoms with Crippen molar-refractivity contribution in [3.63, 3.8) is 0 Å². The smallest absolute Gasteiger partial charge is 0.256 e. The molecule has 1 aromatic carbocycles. The molecule has 2 aromatic rings.